The summed E-state index contributed by atoms with van der Waals surface area (Å²) in [5.74, 6) is -0.481. The second-order valence-electron chi connectivity index (χ2n) is 7.20. The lowest BCUT2D eigenvalue weighted by molar-refractivity contribution is -0.116. The SMILES string of the molecule is O=C(CSc1ccc(F)cc1)N(CCCN1CCOCC1)c1nc2ccc(F)cc2s1. The third-order valence-electron chi connectivity index (χ3n) is 5.01. The number of carbonyl (C=O) groups excluding carboxylic acids is 1. The van der Waals surface area contributed by atoms with Crippen LogP contribution in [0.5, 0.6) is 0 Å². The monoisotopic (exact) mass is 463 g/mol. The fourth-order valence-corrected chi connectivity index (χ4v) is 5.17. The highest BCUT2D eigenvalue weighted by Gasteiger charge is 2.21. The minimum absolute atomic E-state index is 0.0733. The summed E-state index contributed by atoms with van der Waals surface area (Å²) >= 11 is 2.68. The number of aromatic nitrogens is 1. The summed E-state index contributed by atoms with van der Waals surface area (Å²) in [4.78, 5) is 22.5. The van der Waals surface area contributed by atoms with Crippen molar-refractivity contribution in [1.82, 2.24) is 9.88 Å². The second-order valence-corrected chi connectivity index (χ2v) is 9.26. The van der Waals surface area contributed by atoms with Gasteiger partial charge in [-0.05, 0) is 48.9 Å². The van der Waals surface area contributed by atoms with Crippen LogP contribution in [0.3, 0.4) is 0 Å². The summed E-state index contributed by atoms with van der Waals surface area (Å²) in [6.07, 6.45) is 0.803. The van der Waals surface area contributed by atoms with Crippen LogP contribution in [0.4, 0.5) is 13.9 Å². The largest absolute Gasteiger partial charge is 0.379 e. The van der Waals surface area contributed by atoms with Crippen molar-refractivity contribution in [2.24, 2.45) is 0 Å². The number of thioether (sulfide) groups is 1. The first-order chi connectivity index (χ1) is 15.1. The van der Waals surface area contributed by atoms with Crippen molar-refractivity contribution >= 4 is 44.4 Å². The van der Waals surface area contributed by atoms with Gasteiger partial charge in [-0.25, -0.2) is 13.8 Å². The minimum atomic E-state index is -0.320. The third kappa shape index (κ3) is 6.00. The van der Waals surface area contributed by atoms with Crippen LogP contribution < -0.4 is 4.90 Å². The van der Waals surface area contributed by atoms with E-state index in [4.69, 9.17) is 4.74 Å². The number of benzene rings is 2. The topological polar surface area (TPSA) is 45.7 Å². The van der Waals surface area contributed by atoms with E-state index >= 15 is 0 Å². The molecule has 1 amide bonds. The molecule has 0 unspecified atom stereocenters. The molecular weight excluding hydrogens is 440 g/mol. The van der Waals surface area contributed by atoms with Crippen LogP contribution in [-0.2, 0) is 9.53 Å². The molecule has 164 valence electrons. The van der Waals surface area contributed by atoms with Gasteiger partial charge in [0.1, 0.15) is 11.6 Å². The minimum Gasteiger partial charge on any atom is -0.379 e. The molecule has 3 aromatic rings. The molecule has 1 aliphatic heterocycles. The van der Waals surface area contributed by atoms with Crippen LogP contribution in [0.2, 0.25) is 0 Å². The number of morpholine rings is 1. The Morgan fingerprint density at radius 1 is 1.13 bits per heavy atom. The van der Waals surface area contributed by atoms with E-state index in [9.17, 15) is 13.6 Å². The number of nitrogens with zero attached hydrogens (tertiary/aromatic N) is 3. The Hall–Kier alpha value is -2.07. The van der Waals surface area contributed by atoms with Gasteiger partial charge in [-0.2, -0.15) is 0 Å². The fraction of sp³-hybridized carbons (Fsp3) is 0.364. The normalized spacial score (nSPS) is 14.8. The zero-order valence-electron chi connectivity index (χ0n) is 16.9. The van der Waals surface area contributed by atoms with E-state index in [1.165, 1.54) is 47.4 Å². The van der Waals surface area contributed by atoms with Gasteiger partial charge < -0.3 is 4.74 Å². The first kappa shape index (κ1) is 22.1. The van der Waals surface area contributed by atoms with Crippen LogP contribution in [-0.4, -0.2) is 60.9 Å². The number of fused-ring (bicyclic) bond motifs is 1. The smallest absolute Gasteiger partial charge is 0.239 e. The molecule has 0 atom stereocenters. The maximum Gasteiger partial charge on any atom is 0.239 e. The van der Waals surface area contributed by atoms with Crippen LogP contribution >= 0.6 is 23.1 Å². The van der Waals surface area contributed by atoms with Gasteiger partial charge in [0.15, 0.2) is 5.13 Å². The molecule has 2 aromatic carbocycles. The zero-order chi connectivity index (χ0) is 21.6. The summed E-state index contributed by atoms with van der Waals surface area (Å²) in [5, 5.41) is 0.576. The molecule has 4 rings (SSSR count). The van der Waals surface area contributed by atoms with Gasteiger partial charge in [0.2, 0.25) is 5.91 Å². The van der Waals surface area contributed by atoms with Gasteiger partial charge in [0.05, 0.1) is 29.2 Å². The molecular formula is C22H23F2N3O2S2. The van der Waals surface area contributed by atoms with Crippen molar-refractivity contribution in [2.45, 2.75) is 11.3 Å². The van der Waals surface area contributed by atoms with Crippen molar-refractivity contribution in [3.63, 3.8) is 0 Å². The molecule has 5 nitrogen and oxygen atoms in total. The van der Waals surface area contributed by atoms with Crippen LogP contribution in [0.25, 0.3) is 10.2 Å². The standard InChI is InChI=1S/C22H23F2N3O2S2/c23-16-2-5-18(6-3-16)30-15-21(28)27(9-1-8-26-10-12-29-13-11-26)22-25-19-7-4-17(24)14-20(19)31-22/h2-7,14H,1,8-13,15H2. The Morgan fingerprint density at radius 2 is 1.87 bits per heavy atom. The highest BCUT2D eigenvalue weighted by Crippen LogP contribution is 2.30. The van der Waals surface area contributed by atoms with Crippen molar-refractivity contribution < 1.29 is 18.3 Å². The molecule has 0 saturated carbocycles. The number of anilines is 1. The van der Waals surface area contributed by atoms with Crippen LogP contribution in [0.1, 0.15) is 6.42 Å². The summed E-state index contributed by atoms with van der Waals surface area (Å²) in [6, 6.07) is 10.5. The molecule has 0 spiro atoms. The van der Waals surface area contributed by atoms with Crippen molar-refractivity contribution in [3.8, 4) is 0 Å². The molecule has 1 aliphatic rings. The second kappa shape index (κ2) is 10.5. The first-order valence-electron chi connectivity index (χ1n) is 10.1. The molecule has 1 saturated heterocycles. The van der Waals surface area contributed by atoms with Crippen molar-refractivity contribution in [3.05, 3.63) is 54.1 Å². The van der Waals surface area contributed by atoms with E-state index in [0.29, 0.717) is 21.9 Å². The van der Waals surface area contributed by atoms with E-state index < -0.39 is 0 Å². The Bertz CT molecular complexity index is 1020. The molecule has 9 heteroatoms. The van der Waals surface area contributed by atoms with Crippen LogP contribution in [0, 0.1) is 11.6 Å². The van der Waals surface area contributed by atoms with E-state index in [2.05, 4.69) is 9.88 Å². The molecule has 2 heterocycles. The maximum atomic E-state index is 13.6. The average Bonchev–Trinajstić information content (AvgIpc) is 3.19. The highest BCUT2D eigenvalue weighted by atomic mass is 32.2. The number of halogens is 2. The fourth-order valence-electron chi connectivity index (χ4n) is 3.36. The molecule has 1 aromatic heterocycles. The van der Waals surface area contributed by atoms with E-state index in [0.717, 1.165) is 44.2 Å². The molecule has 0 bridgehead atoms. The maximum absolute atomic E-state index is 13.6. The van der Waals surface area contributed by atoms with Gasteiger partial charge in [-0.3, -0.25) is 14.6 Å². The quantitative estimate of drug-likeness (QED) is 0.463. The number of hydrogen-bond donors (Lipinski definition) is 0. The zero-order valence-corrected chi connectivity index (χ0v) is 18.6. The number of carbonyl (C=O) groups is 1. The van der Waals surface area contributed by atoms with Gasteiger partial charge in [-0.1, -0.05) is 11.3 Å². The number of hydrogen-bond acceptors (Lipinski definition) is 6. The molecule has 0 N–H and O–H groups in total. The number of ether oxygens (including phenoxy) is 1. The predicted octanol–water partition coefficient (Wildman–Crippen LogP) is 4.42. The molecule has 1 fully saturated rings. The summed E-state index contributed by atoms with van der Waals surface area (Å²) in [6.45, 7) is 4.67. The highest BCUT2D eigenvalue weighted by molar-refractivity contribution is 8.00. The van der Waals surface area contributed by atoms with Gasteiger partial charge in [0, 0.05) is 31.1 Å². The molecule has 0 aliphatic carbocycles. The number of thiazole rings is 1. The van der Waals surface area contributed by atoms with E-state index in [-0.39, 0.29) is 23.3 Å². The van der Waals surface area contributed by atoms with Crippen LogP contribution in [0.15, 0.2) is 47.4 Å². The Balaban J connectivity index is 1.46. The summed E-state index contributed by atoms with van der Waals surface area (Å²) in [5.41, 5.74) is 0.679. The molecule has 0 radical (unpaired) electrons. The Morgan fingerprint density at radius 3 is 2.65 bits per heavy atom. The molecule has 31 heavy (non-hydrogen) atoms. The number of rotatable bonds is 8. The summed E-state index contributed by atoms with van der Waals surface area (Å²) in [7, 11) is 0. The Labute approximate surface area is 188 Å². The number of amides is 1. The summed E-state index contributed by atoms with van der Waals surface area (Å²) < 4.78 is 32.8. The average molecular weight is 464 g/mol. The lowest BCUT2D eigenvalue weighted by Crippen LogP contribution is -2.39. The van der Waals surface area contributed by atoms with Gasteiger partial charge >= 0.3 is 0 Å². The first-order valence-corrected chi connectivity index (χ1v) is 11.9. The van der Waals surface area contributed by atoms with E-state index in [1.54, 1.807) is 23.1 Å². The van der Waals surface area contributed by atoms with Gasteiger partial charge in [0.25, 0.3) is 0 Å². The third-order valence-corrected chi connectivity index (χ3v) is 7.04. The van der Waals surface area contributed by atoms with E-state index in [1.807, 2.05) is 0 Å². The van der Waals surface area contributed by atoms with Crippen molar-refractivity contribution in [1.29, 1.82) is 0 Å². The lowest BCUT2D eigenvalue weighted by atomic mass is 10.3. The lowest BCUT2D eigenvalue weighted by Gasteiger charge is -2.27. The van der Waals surface area contributed by atoms with Crippen molar-refractivity contribution in [2.75, 3.05) is 50.0 Å². The van der Waals surface area contributed by atoms with Gasteiger partial charge in [-0.15, -0.1) is 11.8 Å². The Kier molecular flexibility index (Phi) is 7.49. The predicted molar refractivity (Wildman–Crippen MR) is 121 cm³/mol.